The average molecular weight is 394 g/mol. The van der Waals surface area contributed by atoms with Crippen molar-refractivity contribution in [1.82, 2.24) is 20.2 Å². The van der Waals surface area contributed by atoms with Crippen LogP contribution in [0.15, 0.2) is 42.6 Å². The standard InChI is InChI=1S/C20H16F2N6O/c1-9-6-7-13-12(8-25-28-13)14(9)16-15(23)17(19(24)29)27-20(26-16)11-5-3-2-4-10(11)18(21)22/h2-8,18H,23H2,1H3,(H2,24,29)(H,25,28). The van der Waals surface area contributed by atoms with E-state index in [1.165, 1.54) is 18.2 Å². The smallest absolute Gasteiger partial charge is 0.269 e. The Morgan fingerprint density at radius 2 is 1.90 bits per heavy atom. The number of nitrogens with zero attached hydrogens (tertiary/aromatic N) is 3. The van der Waals surface area contributed by atoms with E-state index in [0.717, 1.165) is 16.5 Å². The summed E-state index contributed by atoms with van der Waals surface area (Å²) in [5, 5.41) is 7.61. The van der Waals surface area contributed by atoms with Crippen LogP contribution in [0.5, 0.6) is 0 Å². The number of aromatic amines is 1. The number of nitrogens with two attached hydrogens (primary N) is 2. The number of aryl methyl sites for hydroxylation is 1. The van der Waals surface area contributed by atoms with Gasteiger partial charge in [0.05, 0.1) is 23.1 Å². The molecule has 2 aromatic carbocycles. The number of fused-ring (bicyclic) bond motifs is 1. The van der Waals surface area contributed by atoms with Crippen LogP contribution in [0, 0.1) is 6.92 Å². The molecule has 9 heteroatoms. The Morgan fingerprint density at radius 1 is 1.14 bits per heavy atom. The van der Waals surface area contributed by atoms with Crippen molar-refractivity contribution in [2.24, 2.45) is 5.73 Å². The quantitative estimate of drug-likeness (QED) is 0.488. The van der Waals surface area contributed by atoms with Gasteiger partial charge in [0.1, 0.15) is 0 Å². The third-order valence-electron chi connectivity index (χ3n) is 4.69. The number of hydrogen-bond acceptors (Lipinski definition) is 5. The van der Waals surface area contributed by atoms with Gasteiger partial charge in [-0.1, -0.05) is 30.3 Å². The fraction of sp³-hybridized carbons (Fsp3) is 0.100. The molecule has 29 heavy (non-hydrogen) atoms. The maximum atomic E-state index is 13.5. The monoisotopic (exact) mass is 394 g/mol. The van der Waals surface area contributed by atoms with Crippen molar-refractivity contribution in [3.8, 4) is 22.6 Å². The van der Waals surface area contributed by atoms with Crippen LogP contribution in [0.4, 0.5) is 14.5 Å². The molecule has 0 aliphatic heterocycles. The predicted molar refractivity (Wildman–Crippen MR) is 105 cm³/mol. The van der Waals surface area contributed by atoms with Gasteiger partial charge in [0, 0.05) is 22.1 Å². The highest BCUT2D eigenvalue weighted by molar-refractivity contribution is 6.04. The fourth-order valence-electron chi connectivity index (χ4n) is 3.30. The highest BCUT2D eigenvalue weighted by atomic mass is 19.3. The second-order valence-electron chi connectivity index (χ2n) is 6.50. The molecule has 146 valence electrons. The molecule has 4 rings (SSSR count). The van der Waals surface area contributed by atoms with Gasteiger partial charge in [-0.25, -0.2) is 18.7 Å². The first-order valence-electron chi connectivity index (χ1n) is 8.66. The molecule has 4 aromatic rings. The maximum absolute atomic E-state index is 13.5. The summed E-state index contributed by atoms with van der Waals surface area (Å²) in [5.74, 6) is -0.933. The van der Waals surface area contributed by atoms with E-state index in [0.29, 0.717) is 5.56 Å². The number of nitrogen functional groups attached to an aromatic ring is 1. The topological polar surface area (TPSA) is 124 Å². The first-order chi connectivity index (χ1) is 13.9. The summed E-state index contributed by atoms with van der Waals surface area (Å²) in [4.78, 5) is 20.6. The van der Waals surface area contributed by atoms with Crippen molar-refractivity contribution in [2.75, 3.05) is 5.73 Å². The molecule has 0 saturated heterocycles. The number of carbonyl (C=O) groups excluding carboxylic acids is 1. The van der Waals surface area contributed by atoms with E-state index in [4.69, 9.17) is 11.5 Å². The molecule has 2 heterocycles. The Labute approximate surface area is 163 Å². The van der Waals surface area contributed by atoms with Crippen LogP contribution >= 0.6 is 0 Å². The van der Waals surface area contributed by atoms with Crippen molar-refractivity contribution in [1.29, 1.82) is 0 Å². The number of hydrogen-bond donors (Lipinski definition) is 3. The molecule has 0 saturated carbocycles. The van der Waals surface area contributed by atoms with E-state index in [1.807, 2.05) is 19.1 Å². The van der Waals surface area contributed by atoms with Crippen LogP contribution in [-0.4, -0.2) is 26.1 Å². The predicted octanol–water partition coefficient (Wildman–Crippen LogP) is 3.61. The van der Waals surface area contributed by atoms with Gasteiger partial charge in [0.2, 0.25) is 0 Å². The largest absolute Gasteiger partial charge is 0.395 e. The Bertz CT molecular complexity index is 1250. The minimum atomic E-state index is -2.74. The number of alkyl halides is 2. The van der Waals surface area contributed by atoms with Gasteiger partial charge in [-0.05, 0) is 18.6 Å². The maximum Gasteiger partial charge on any atom is 0.269 e. The minimum absolute atomic E-state index is 0.0208. The molecule has 0 spiro atoms. The zero-order valence-corrected chi connectivity index (χ0v) is 15.3. The third-order valence-corrected chi connectivity index (χ3v) is 4.69. The van der Waals surface area contributed by atoms with Gasteiger partial charge < -0.3 is 11.5 Å². The number of carbonyl (C=O) groups is 1. The summed E-state index contributed by atoms with van der Waals surface area (Å²) in [6.45, 7) is 1.85. The lowest BCUT2D eigenvalue weighted by molar-refractivity contribution is 0.0996. The Morgan fingerprint density at radius 3 is 2.62 bits per heavy atom. The molecule has 0 unspecified atom stereocenters. The number of anilines is 1. The number of primary amides is 1. The lowest BCUT2D eigenvalue weighted by Gasteiger charge is -2.15. The van der Waals surface area contributed by atoms with Gasteiger partial charge in [0.25, 0.3) is 12.3 Å². The molecule has 7 nitrogen and oxygen atoms in total. The molecule has 5 N–H and O–H groups in total. The molecule has 0 aliphatic rings. The second-order valence-corrected chi connectivity index (χ2v) is 6.50. The van der Waals surface area contributed by atoms with Crippen molar-refractivity contribution in [3.63, 3.8) is 0 Å². The van der Waals surface area contributed by atoms with Gasteiger partial charge in [-0.15, -0.1) is 0 Å². The number of benzene rings is 2. The summed E-state index contributed by atoms with van der Waals surface area (Å²) in [6.07, 6.45) is -1.14. The molecule has 0 bridgehead atoms. The summed E-state index contributed by atoms with van der Waals surface area (Å²) < 4.78 is 27.0. The van der Waals surface area contributed by atoms with Crippen molar-refractivity contribution in [3.05, 3.63) is 59.4 Å². The van der Waals surface area contributed by atoms with Crippen molar-refractivity contribution in [2.45, 2.75) is 13.3 Å². The summed E-state index contributed by atoms with van der Waals surface area (Å²) in [7, 11) is 0. The van der Waals surface area contributed by atoms with E-state index in [-0.39, 0.29) is 34.0 Å². The van der Waals surface area contributed by atoms with Gasteiger partial charge >= 0.3 is 0 Å². The first kappa shape index (κ1) is 18.5. The van der Waals surface area contributed by atoms with Gasteiger partial charge in [-0.3, -0.25) is 9.89 Å². The molecule has 0 aliphatic carbocycles. The number of H-pyrrole nitrogens is 1. The number of aromatic nitrogens is 4. The van der Waals surface area contributed by atoms with Gasteiger partial charge in [-0.2, -0.15) is 5.10 Å². The van der Waals surface area contributed by atoms with E-state index in [1.54, 1.807) is 12.3 Å². The molecule has 0 fully saturated rings. The second kappa shape index (κ2) is 6.93. The lowest BCUT2D eigenvalue weighted by atomic mass is 9.98. The summed E-state index contributed by atoms with van der Waals surface area (Å²) in [6, 6.07) is 9.52. The Kier molecular flexibility index (Phi) is 4.42. The molecule has 0 atom stereocenters. The number of halogens is 2. The molecule has 2 aromatic heterocycles. The zero-order chi connectivity index (χ0) is 20.7. The highest BCUT2D eigenvalue weighted by Gasteiger charge is 2.23. The summed E-state index contributed by atoms with van der Waals surface area (Å²) >= 11 is 0. The number of nitrogens with one attached hydrogen (secondary N) is 1. The first-order valence-corrected chi connectivity index (χ1v) is 8.66. The van der Waals surface area contributed by atoms with Crippen LogP contribution in [0.25, 0.3) is 33.5 Å². The lowest BCUT2D eigenvalue weighted by Crippen LogP contribution is -2.18. The third kappa shape index (κ3) is 3.06. The van der Waals surface area contributed by atoms with Crippen molar-refractivity contribution < 1.29 is 13.6 Å². The Balaban J connectivity index is 2.08. The SMILES string of the molecule is Cc1ccc2[nH]ncc2c1-c1nc(-c2ccccc2C(F)F)nc(C(N)=O)c1N. The van der Waals surface area contributed by atoms with Crippen LogP contribution in [0.2, 0.25) is 0 Å². The molecule has 0 radical (unpaired) electrons. The normalized spacial score (nSPS) is 11.3. The summed E-state index contributed by atoms with van der Waals surface area (Å²) in [5.41, 5.74) is 13.6. The van der Waals surface area contributed by atoms with E-state index >= 15 is 0 Å². The molecule has 1 amide bonds. The van der Waals surface area contributed by atoms with Crippen LogP contribution < -0.4 is 11.5 Å². The van der Waals surface area contributed by atoms with Crippen LogP contribution in [-0.2, 0) is 0 Å². The van der Waals surface area contributed by atoms with Crippen molar-refractivity contribution >= 4 is 22.5 Å². The number of amides is 1. The van der Waals surface area contributed by atoms with E-state index in [9.17, 15) is 13.6 Å². The highest BCUT2D eigenvalue weighted by Crippen LogP contribution is 2.37. The molecular weight excluding hydrogens is 378 g/mol. The van der Waals surface area contributed by atoms with E-state index in [2.05, 4.69) is 20.2 Å². The van der Waals surface area contributed by atoms with Crippen LogP contribution in [0.3, 0.4) is 0 Å². The fourth-order valence-corrected chi connectivity index (χ4v) is 3.30. The van der Waals surface area contributed by atoms with E-state index < -0.39 is 12.3 Å². The van der Waals surface area contributed by atoms with Crippen LogP contribution in [0.1, 0.15) is 28.0 Å². The zero-order valence-electron chi connectivity index (χ0n) is 15.3. The minimum Gasteiger partial charge on any atom is -0.395 e. The Hall–Kier alpha value is -3.88. The van der Waals surface area contributed by atoms with Gasteiger partial charge in [0.15, 0.2) is 11.5 Å². The number of rotatable bonds is 4. The molecular formula is C20H16F2N6O. The average Bonchev–Trinajstić information content (AvgIpc) is 3.17.